The van der Waals surface area contributed by atoms with Gasteiger partial charge in [-0.3, -0.25) is 4.79 Å². The molecule has 28 heavy (non-hydrogen) atoms. The lowest BCUT2D eigenvalue weighted by Gasteiger charge is -2.23. The summed E-state index contributed by atoms with van der Waals surface area (Å²) < 4.78 is 6.03. The summed E-state index contributed by atoms with van der Waals surface area (Å²) >= 11 is 0. The molecule has 0 aromatic heterocycles. The zero-order valence-electron chi connectivity index (χ0n) is 16.6. The minimum absolute atomic E-state index is 0.142. The lowest BCUT2D eigenvalue weighted by Crippen LogP contribution is -2.39. The number of hydrogen-bond acceptors (Lipinski definition) is 2. The maximum Gasteiger partial charge on any atom is 0.261 e. The van der Waals surface area contributed by atoms with Crippen LogP contribution < -0.4 is 10.1 Å². The number of amides is 1. The van der Waals surface area contributed by atoms with Gasteiger partial charge in [-0.05, 0) is 35.6 Å². The van der Waals surface area contributed by atoms with E-state index >= 15 is 0 Å². The molecule has 0 aliphatic heterocycles. The quantitative estimate of drug-likeness (QED) is 0.595. The number of rotatable bonds is 7. The zero-order chi connectivity index (χ0) is 19.9. The molecule has 3 aromatic carbocycles. The van der Waals surface area contributed by atoms with E-state index < -0.39 is 6.10 Å². The van der Waals surface area contributed by atoms with Gasteiger partial charge in [0.25, 0.3) is 5.91 Å². The summed E-state index contributed by atoms with van der Waals surface area (Å²) in [6.07, 6.45) is -0.602. The molecular formula is C25H27NO2. The van der Waals surface area contributed by atoms with Crippen LogP contribution >= 0.6 is 0 Å². The second-order valence-electron chi connectivity index (χ2n) is 7.22. The third-order valence-corrected chi connectivity index (χ3v) is 4.77. The Kier molecular flexibility index (Phi) is 6.49. The van der Waals surface area contributed by atoms with E-state index in [1.165, 1.54) is 0 Å². The molecule has 0 heterocycles. The predicted molar refractivity (Wildman–Crippen MR) is 113 cm³/mol. The molecule has 0 radical (unpaired) electrons. The fourth-order valence-electron chi connectivity index (χ4n) is 3.22. The van der Waals surface area contributed by atoms with Gasteiger partial charge >= 0.3 is 0 Å². The molecule has 144 valence electrons. The molecular weight excluding hydrogens is 346 g/mol. The Hall–Kier alpha value is -3.07. The molecule has 3 rings (SSSR count). The van der Waals surface area contributed by atoms with Crippen molar-refractivity contribution in [3.05, 3.63) is 102 Å². The molecule has 0 fully saturated rings. The monoisotopic (exact) mass is 373 g/mol. The van der Waals surface area contributed by atoms with E-state index in [1.807, 2.05) is 84.9 Å². The van der Waals surface area contributed by atoms with E-state index in [1.54, 1.807) is 6.92 Å². The number of ether oxygens (including phenoxy) is 1. The van der Waals surface area contributed by atoms with Crippen LogP contribution in [0.15, 0.2) is 84.9 Å². The van der Waals surface area contributed by atoms with E-state index in [9.17, 15) is 4.79 Å². The van der Waals surface area contributed by atoms with E-state index in [0.717, 1.165) is 22.4 Å². The van der Waals surface area contributed by atoms with Crippen LogP contribution in [0, 0.1) is 0 Å². The van der Waals surface area contributed by atoms with Crippen molar-refractivity contribution in [3.63, 3.8) is 0 Å². The summed E-state index contributed by atoms with van der Waals surface area (Å²) in [5.74, 6) is 0.945. The molecule has 0 spiro atoms. The fraction of sp³-hybridized carbons (Fsp3) is 0.240. The lowest BCUT2D eigenvalue weighted by molar-refractivity contribution is -0.127. The highest BCUT2D eigenvalue weighted by Crippen LogP contribution is 2.27. The van der Waals surface area contributed by atoms with Gasteiger partial charge in [0, 0.05) is 0 Å². The second kappa shape index (κ2) is 9.23. The van der Waals surface area contributed by atoms with Gasteiger partial charge in [-0.1, -0.05) is 92.7 Å². The number of carbonyl (C=O) groups excluding carboxylic acids is 1. The van der Waals surface area contributed by atoms with Gasteiger partial charge in [-0.2, -0.15) is 0 Å². The molecule has 0 aliphatic rings. The Bertz CT molecular complexity index is 851. The zero-order valence-corrected chi connectivity index (χ0v) is 16.6. The average molecular weight is 373 g/mol. The SMILES string of the molecule is CC(Oc1ccccc1C(C)C)C(=O)NC(c1ccccc1)c1ccccc1. The minimum Gasteiger partial charge on any atom is -0.481 e. The Morgan fingerprint density at radius 1 is 0.750 bits per heavy atom. The lowest BCUT2D eigenvalue weighted by atomic mass is 9.98. The van der Waals surface area contributed by atoms with Crippen molar-refractivity contribution in [1.82, 2.24) is 5.32 Å². The van der Waals surface area contributed by atoms with Crippen LogP contribution in [0.25, 0.3) is 0 Å². The summed E-state index contributed by atoms with van der Waals surface area (Å²) in [6.45, 7) is 6.03. The molecule has 1 unspecified atom stereocenters. The molecule has 3 nitrogen and oxygen atoms in total. The Balaban J connectivity index is 1.79. The van der Waals surface area contributed by atoms with Crippen molar-refractivity contribution < 1.29 is 9.53 Å². The predicted octanol–water partition coefficient (Wildman–Crippen LogP) is 5.48. The molecule has 3 aromatic rings. The first-order chi connectivity index (χ1) is 13.6. The summed E-state index contributed by atoms with van der Waals surface area (Å²) in [5.41, 5.74) is 3.18. The average Bonchev–Trinajstić information content (AvgIpc) is 2.73. The van der Waals surface area contributed by atoms with Crippen LogP contribution in [-0.4, -0.2) is 12.0 Å². The molecule has 0 saturated heterocycles. The highest BCUT2D eigenvalue weighted by molar-refractivity contribution is 5.81. The van der Waals surface area contributed by atoms with Gasteiger partial charge in [-0.25, -0.2) is 0 Å². The van der Waals surface area contributed by atoms with Crippen molar-refractivity contribution in [2.45, 2.75) is 38.8 Å². The third kappa shape index (κ3) is 4.80. The summed E-state index contributed by atoms with van der Waals surface area (Å²) in [5, 5.41) is 3.15. The molecule has 3 heteroatoms. The highest BCUT2D eigenvalue weighted by atomic mass is 16.5. The number of carbonyl (C=O) groups is 1. The summed E-state index contributed by atoms with van der Waals surface area (Å²) in [6, 6.07) is 27.6. The van der Waals surface area contributed by atoms with Crippen molar-refractivity contribution in [3.8, 4) is 5.75 Å². The molecule has 1 N–H and O–H groups in total. The normalized spacial score (nSPS) is 12.0. The van der Waals surface area contributed by atoms with Gasteiger partial charge in [0.2, 0.25) is 0 Å². The standard InChI is InChI=1S/C25H27NO2/c1-18(2)22-16-10-11-17-23(22)28-19(3)25(27)26-24(20-12-6-4-7-13-20)21-14-8-5-9-15-21/h4-19,24H,1-3H3,(H,26,27). The molecule has 0 bridgehead atoms. The van der Waals surface area contributed by atoms with Crippen molar-refractivity contribution in [1.29, 1.82) is 0 Å². The van der Waals surface area contributed by atoms with Crippen LogP contribution in [-0.2, 0) is 4.79 Å². The number of benzene rings is 3. The van der Waals surface area contributed by atoms with Gasteiger partial charge < -0.3 is 10.1 Å². The number of para-hydroxylation sites is 1. The Morgan fingerprint density at radius 3 is 1.79 bits per heavy atom. The number of nitrogens with one attached hydrogen (secondary N) is 1. The molecule has 0 saturated carbocycles. The minimum atomic E-state index is -0.602. The van der Waals surface area contributed by atoms with Crippen molar-refractivity contribution in [2.24, 2.45) is 0 Å². The largest absolute Gasteiger partial charge is 0.481 e. The first kappa shape index (κ1) is 19.7. The van der Waals surface area contributed by atoms with Crippen LogP contribution in [0.5, 0.6) is 5.75 Å². The third-order valence-electron chi connectivity index (χ3n) is 4.77. The fourth-order valence-corrected chi connectivity index (χ4v) is 3.22. The van der Waals surface area contributed by atoms with Gasteiger partial charge in [0.1, 0.15) is 5.75 Å². The van der Waals surface area contributed by atoms with Gasteiger partial charge in [0.15, 0.2) is 6.10 Å². The Morgan fingerprint density at radius 2 is 1.25 bits per heavy atom. The molecule has 1 atom stereocenters. The first-order valence-electron chi connectivity index (χ1n) is 9.72. The molecule has 1 amide bonds. The second-order valence-corrected chi connectivity index (χ2v) is 7.22. The van der Waals surface area contributed by atoms with E-state index in [4.69, 9.17) is 4.74 Å². The number of hydrogen-bond donors (Lipinski definition) is 1. The van der Waals surface area contributed by atoms with Crippen LogP contribution in [0.3, 0.4) is 0 Å². The summed E-state index contributed by atoms with van der Waals surface area (Å²) in [7, 11) is 0. The smallest absolute Gasteiger partial charge is 0.261 e. The maximum absolute atomic E-state index is 12.9. The maximum atomic E-state index is 12.9. The van der Waals surface area contributed by atoms with Crippen LogP contribution in [0.1, 0.15) is 49.4 Å². The topological polar surface area (TPSA) is 38.3 Å². The molecule has 0 aliphatic carbocycles. The summed E-state index contributed by atoms with van der Waals surface area (Å²) in [4.78, 5) is 12.9. The Labute approximate surface area is 167 Å². The van der Waals surface area contributed by atoms with Crippen molar-refractivity contribution >= 4 is 5.91 Å². The van der Waals surface area contributed by atoms with Crippen LogP contribution in [0.2, 0.25) is 0 Å². The highest BCUT2D eigenvalue weighted by Gasteiger charge is 2.22. The van der Waals surface area contributed by atoms with E-state index in [2.05, 4.69) is 19.2 Å². The van der Waals surface area contributed by atoms with Crippen molar-refractivity contribution in [2.75, 3.05) is 0 Å². The first-order valence-corrected chi connectivity index (χ1v) is 9.72. The van der Waals surface area contributed by atoms with Crippen LogP contribution in [0.4, 0.5) is 0 Å². The van der Waals surface area contributed by atoms with E-state index in [-0.39, 0.29) is 11.9 Å². The van der Waals surface area contributed by atoms with E-state index in [0.29, 0.717) is 5.92 Å². The van der Waals surface area contributed by atoms with Gasteiger partial charge in [0.05, 0.1) is 6.04 Å². The van der Waals surface area contributed by atoms with Gasteiger partial charge in [-0.15, -0.1) is 0 Å².